The lowest BCUT2D eigenvalue weighted by Gasteiger charge is -2.38. The zero-order chi connectivity index (χ0) is 36.3. The van der Waals surface area contributed by atoms with E-state index in [2.05, 4.69) is 64.9 Å². The number of quaternary nitrogens is 2. The SMILES string of the molecule is CCCOC(=O)CC(=O)[O-].CCCOC(=O)CC(=O)[O-].CCC[N+](CCC)(CCC)CCC.CCC[N+](CCC)(CCC)CCC. The maximum atomic E-state index is 10.4. The third kappa shape index (κ3) is 33.2. The van der Waals surface area contributed by atoms with E-state index in [9.17, 15) is 29.4 Å². The van der Waals surface area contributed by atoms with Crippen LogP contribution in [0.3, 0.4) is 0 Å². The van der Waals surface area contributed by atoms with Crippen LogP contribution in [-0.4, -0.2) is 98.4 Å². The smallest absolute Gasteiger partial charge is 0.311 e. The van der Waals surface area contributed by atoms with Crippen molar-refractivity contribution in [1.82, 2.24) is 0 Å². The van der Waals surface area contributed by atoms with Crippen LogP contribution in [0.5, 0.6) is 0 Å². The molecule has 0 radical (unpaired) electrons. The molecule has 0 rings (SSSR count). The molecule has 10 heteroatoms. The Morgan fingerprint density at radius 1 is 0.391 bits per heavy atom. The van der Waals surface area contributed by atoms with E-state index in [4.69, 9.17) is 0 Å². The van der Waals surface area contributed by atoms with Gasteiger partial charge in [0.15, 0.2) is 0 Å². The van der Waals surface area contributed by atoms with E-state index in [0.717, 1.165) is 0 Å². The van der Waals surface area contributed by atoms with Gasteiger partial charge >= 0.3 is 11.9 Å². The van der Waals surface area contributed by atoms with Crippen LogP contribution in [0.1, 0.15) is 146 Å². The molecule has 0 amide bonds. The molecule has 0 aliphatic carbocycles. The number of hydrogen-bond acceptors (Lipinski definition) is 8. The molecule has 276 valence electrons. The van der Waals surface area contributed by atoms with Gasteiger partial charge in [0.05, 0.1) is 90.4 Å². The van der Waals surface area contributed by atoms with Gasteiger partial charge in [0.1, 0.15) is 0 Å². The molecule has 0 heterocycles. The molecule has 0 aromatic rings. The van der Waals surface area contributed by atoms with E-state index >= 15 is 0 Å². The van der Waals surface area contributed by atoms with Gasteiger partial charge in [-0.3, -0.25) is 9.59 Å². The Bertz CT molecular complexity index is 612. The fourth-order valence-electron chi connectivity index (χ4n) is 5.91. The van der Waals surface area contributed by atoms with Crippen LogP contribution in [0, 0.1) is 0 Å². The Labute approximate surface area is 283 Å². The highest BCUT2D eigenvalue weighted by atomic mass is 16.5. The summed E-state index contributed by atoms with van der Waals surface area (Å²) in [4.78, 5) is 40.3. The molecule has 0 aromatic carbocycles. The van der Waals surface area contributed by atoms with Crippen molar-refractivity contribution >= 4 is 23.9 Å². The second kappa shape index (κ2) is 35.7. The number of hydrogen-bond donors (Lipinski definition) is 0. The van der Waals surface area contributed by atoms with E-state index in [0.29, 0.717) is 12.8 Å². The van der Waals surface area contributed by atoms with Crippen LogP contribution >= 0.6 is 0 Å². The van der Waals surface area contributed by atoms with Crippen molar-refractivity contribution < 1.29 is 47.8 Å². The fraction of sp³-hybridized carbons (Fsp3) is 0.889. The van der Waals surface area contributed by atoms with Crippen molar-refractivity contribution in [2.45, 2.75) is 146 Å². The van der Waals surface area contributed by atoms with E-state index in [1.807, 2.05) is 13.8 Å². The van der Waals surface area contributed by atoms with E-state index in [1.54, 1.807) is 0 Å². The number of carbonyl (C=O) groups excluding carboxylic acids is 4. The summed E-state index contributed by atoms with van der Waals surface area (Å²) in [6.45, 7) is 33.8. The number of aliphatic carboxylic acids is 2. The van der Waals surface area contributed by atoms with Gasteiger partial charge in [0.2, 0.25) is 0 Å². The van der Waals surface area contributed by atoms with Crippen molar-refractivity contribution in [2.75, 3.05) is 65.6 Å². The summed E-state index contributed by atoms with van der Waals surface area (Å²) in [6.07, 6.45) is 10.7. The lowest BCUT2D eigenvalue weighted by molar-refractivity contribution is -0.928. The third-order valence-electron chi connectivity index (χ3n) is 7.10. The number of carbonyl (C=O) groups is 4. The summed E-state index contributed by atoms with van der Waals surface area (Å²) in [5.74, 6) is -4.27. The monoisotopic (exact) mass is 663 g/mol. The molecule has 0 N–H and O–H groups in total. The van der Waals surface area contributed by atoms with E-state index in [-0.39, 0.29) is 13.2 Å². The largest absolute Gasteiger partial charge is 0.550 e. The highest BCUT2D eigenvalue weighted by Crippen LogP contribution is 2.13. The maximum absolute atomic E-state index is 10.4. The van der Waals surface area contributed by atoms with Crippen LogP contribution in [0.2, 0.25) is 0 Å². The molecule has 0 fully saturated rings. The zero-order valence-corrected chi connectivity index (χ0v) is 31.7. The lowest BCUT2D eigenvalue weighted by Crippen LogP contribution is -2.50. The zero-order valence-electron chi connectivity index (χ0n) is 31.7. The van der Waals surface area contributed by atoms with Gasteiger partial charge in [-0.2, -0.15) is 0 Å². The first-order chi connectivity index (χ1) is 21.8. The predicted molar refractivity (Wildman–Crippen MR) is 184 cm³/mol. The maximum Gasteiger partial charge on any atom is 0.311 e. The number of carboxylic acids is 2. The van der Waals surface area contributed by atoms with Gasteiger partial charge in [-0.1, -0.05) is 69.2 Å². The topological polar surface area (TPSA) is 133 Å². The molecular weight excluding hydrogens is 588 g/mol. The Kier molecular flexibility index (Phi) is 39.3. The fourth-order valence-corrected chi connectivity index (χ4v) is 5.91. The van der Waals surface area contributed by atoms with Crippen LogP contribution in [0.4, 0.5) is 0 Å². The second-order valence-corrected chi connectivity index (χ2v) is 12.0. The molecule has 46 heavy (non-hydrogen) atoms. The van der Waals surface area contributed by atoms with E-state index in [1.165, 1.54) is 113 Å². The van der Waals surface area contributed by atoms with Crippen molar-refractivity contribution in [1.29, 1.82) is 0 Å². The number of rotatable bonds is 24. The van der Waals surface area contributed by atoms with Gasteiger partial charge in [-0.25, -0.2) is 0 Å². The third-order valence-corrected chi connectivity index (χ3v) is 7.10. The molecule has 0 spiro atoms. The minimum Gasteiger partial charge on any atom is -0.550 e. The minimum absolute atomic E-state index is 0.270. The van der Waals surface area contributed by atoms with Gasteiger partial charge in [0.25, 0.3) is 0 Å². The highest BCUT2D eigenvalue weighted by molar-refractivity contribution is 5.89. The van der Waals surface area contributed by atoms with Crippen LogP contribution in [0.25, 0.3) is 0 Å². The van der Waals surface area contributed by atoms with Crippen molar-refractivity contribution in [3.63, 3.8) is 0 Å². The van der Waals surface area contributed by atoms with Gasteiger partial charge < -0.3 is 38.2 Å². The summed E-state index contributed by atoms with van der Waals surface area (Å²) in [5.41, 5.74) is 0. The average molecular weight is 663 g/mol. The average Bonchev–Trinajstić information content (AvgIpc) is 2.96. The summed E-state index contributed by atoms with van der Waals surface area (Å²) in [6, 6.07) is 0. The molecule has 0 aromatic heterocycles. The molecule has 0 unspecified atom stereocenters. The molecule has 0 atom stereocenters. The Morgan fingerprint density at radius 3 is 0.717 bits per heavy atom. The molecule has 0 saturated heterocycles. The van der Waals surface area contributed by atoms with Gasteiger partial charge in [-0.05, 0) is 64.2 Å². The summed E-state index contributed by atoms with van der Waals surface area (Å²) < 4.78 is 11.6. The van der Waals surface area contributed by atoms with Crippen molar-refractivity contribution in [2.24, 2.45) is 0 Å². The lowest BCUT2D eigenvalue weighted by atomic mass is 10.2. The normalized spacial score (nSPS) is 10.7. The van der Waals surface area contributed by atoms with Crippen molar-refractivity contribution in [3.8, 4) is 0 Å². The molecule has 0 aliphatic rings. The number of esters is 2. The quantitative estimate of drug-likeness (QED) is 0.0797. The summed E-state index contributed by atoms with van der Waals surface area (Å²) in [7, 11) is 0. The highest BCUT2D eigenvalue weighted by Gasteiger charge is 2.23. The number of ether oxygens (including phenoxy) is 2. The summed E-state index contributed by atoms with van der Waals surface area (Å²) >= 11 is 0. The summed E-state index contributed by atoms with van der Waals surface area (Å²) in [5, 5.41) is 19.5. The minimum atomic E-state index is -1.40. The number of nitrogens with zero attached hydrogens (tertiary/aromatic N) is 2. The Balaban J connectivity index is -0.000000258. The standard InChI is InChI=1S/2C12H28N.2C6H10O4/c2*1-5-9-13(10-6-2,11-7-3)12-8-4;2*1-2-3-10-6(9)4-5(7)8/h2*5-12H2,1-4H3;2*2-4H2,1H3,(H,7,8)/q2*+1;;/p-2. The second-order valence-electron chi connectivity index (χ2n) is 12.0. The first kappa shape index (κ1) is 50.7. The Morgan fingerprint density at radius 2 is 0.587 bits per heavy atom. The van der Waals surface area contributed by atoms with Crippen LogP contribution in [-0.2, 0) is 28.7 Å². The molecule has 0 saturated carbocycles. The van der Waals surface area contributed by atoms with Crippen LogP contribution in [0.15, 0.2) is 0 Å². The first-order valence-corrected chi connectivity index (χ1v) is 18.2. The molecule has 0 aliphatic heterocycles. The molecule has 0 bridgehead atoms. The van der Waals surface area contributed by atoms with Gasteiger partial charge in [0, 0.05) is 0 Å². The molecule has 10 nitrogen and oxygen atoms in total. The predicted octanol–water partition coefficient (Wildman–Crippen LogP) is 5.05. The molecular formula is C36H74N2O8. The van der Waals surface area contributed by atoms with Crippen molar-refractivity contribution in [3.05, 3.63) is 0 Å². The van der Waals surface area contributed by atoms with Gasteiger partial charge in [-0.15, -0.1) is 0 Å². The number of carboxylic acid groups (broad SMARTS) is 2. The van der Waals surface area contributed by atoms with Crippen LogP contribution < -0.4 is 10.2 Å². The van der Waals surface area contributed by atoms with E-state index < -0.39 is 36.7 Å². The Hall–Kier alpha value is -2.20. The first-order valence-electron chi connectivity index (χ1n) is 18.2.